The number of hydrogen-bond donors (Lipinski definition) is 0. The lowest BCUT2D eigenvalue weighted by Gasteiger charge is -2.38. The van der Waals surface area contributed by atoms with Gasteiger partial charge in [0, 0.05) is 5.69 Å². The number of carbonyl (C=O) groups excluding carboxylic acids is 1. The highest BCUT2D eigenvalue weighted by Gasteiger charge is 2.39. The van der Waals surface area contributed by atoms with Crippen LogP contribution in [0.3, 0.4) is 0 Å². The molecular weight excluding hydrogens is 504 g/mol. The Morgan fingerprint density at radius 1 is 0.732 bits per heavy atom. The average Bonchev–Trinajstić information content (AvgIpc) is 3.41. The molecule has 0 radical (unpaired) electrons. The zero-order valence-corrected chi connectivity index (χ0v) is 23.1. The Morgan fingerprint density at radius 2 is 1.27 bits per heavy atom. The third-order valence-corrected chi connectivity index (χ3v) is 7.73. The summed E-state index contributed by atoms with van der Waals surface area (Å²) in [6.07, 6.45) is 5.28. The SMILES string of the molecule is COc1ccc2ccccc2c1C(=O)/C=C/c1ncn(C(c2ccccc2)(c2ccccc2)c2ccccc2)c1C. The second kappa shape index (κ2) is 11.1. The Morgan fingerprint density at radius 3 is 1.83 bits per heavy atom. The molecule has 4 heteroatoms. The molecule has 5 aromatic carbocycles. The first-order chi connectivity index (χ1) is 20.1. The minimum atomic E-state index is -0.671. The summed E-state index contributed by atoms with van der Waals surface area (Å²) >= 11 is 0. The van der Waals surface area contributed by atoms with Crippen LogP contribution in [0, 0.1) is 6.92 Å². The van der Waals surface area contributed by atoms with E-state index in [0.29, 0.717) is 11.3 Å². The number of ketones is 1. The third kappa shape index (κ3) is 4.53. The second-order valence-electron chi connectivity index (χ2n) is 9.96. The van der Waals surface area contributed by atoms with Crippen LogP contribution in [0.1, 0.15) is 38.4 Å². The van der Waals surface area contributed by atoms with Crippen LogP contribution in [-0.2, 0) is 5.54 Å². The number of carbonyl (C=O) groups is 1. The molecule has 41 heavy (non-hydrogen) atoms. The standard InChI is InChI=1S/C37H30N2O2/c1-27-33(23-24-34(40)36-32-21-13-12-14-28(32)22-25-35(36)41-2)38-26-39(27)37(29-15-6-3-7-16-29,30-17-8-4-9-18-30)31-19-10-5-11-20-31/h3-26H,1-2H3/b24-23+. The number of benzene rings is 5. The molecule has 6 rings (SSSR count). The number of ether oxygens (including phenoxy) is 1. The van der Waals surface area contributed by atoms with Crippen molar-refractivity contribution in [1.82, 2.24) is 9.55 Å². The molecule has 0 atom stereocenters. The van der Waals surface area contributed by atoms with Crippen molar-refractivity contribution in [1.29, 1.82) is 0 Å². The topological polar surface area (TPSA) is 44.1 Å². The maximum absolute atomic E-state index is 13.6. The number of imidazole rings is 1. The van der Waals surface area contributed by atoms with Gasteiger partial charge in [-0.05, 0) is 52.6 Å². The van der Waals surface area contributed by atoms with Gasteiger partial charge in [0.1, 0.15) is 11.3 Å². The van der Waals surface area contributed by atoms with E-state index in [4.69, 9.17) is 9.72 Å². The summed E-state index contributed by atoms with van der Waals surface area (Å²) in [5.41, 5.74) is 4.89. The normalized spacial score (nSPS) is 11.7. The van der Waals surface area contributed by atoms with Crippen LogP contribution in [0.25, 0.3) is 16.8 Å². The minimum Gasteiger partial charge on any atom is -0.496 e. The predicted octanol–water partition coefficient (Wildman–Crippen LogP) is 8.09. The second-order valence-corrected chi connectivity index (χ2v) is 9.96. The van der Waals surface area contributed by atoms with Gasteiger partial charge in [-0.2, -0.15) is 0 Å². The summed E-state index contributed by atoms with van der Waals surface area (Å²) in [5, 5.41) is 1.85. The number of rotatable bonds is 8. The van der Waals surface area contributed by atoms with Crippen LogP contribution >= 0.6 is 0 Å². The maximum atomic E-state index is 13.6. The number of aromatic nitrogens is 2. The number of nitrogens with zero attached hydrogens (tertiary/aromatic N) is 2. The van der Waals surface area contributed by atoms with Gasteiger partial charge >= 0.3 is 0 Å². The first-order valence-electron chi connectivity index (χ1n) is 13.6. The van der Waals surface area contributed by atoms with E-state index in [9.17, 15) is 4.79 Å². The molecule has 0 aliphatic heterocycles. The maximum Gasteiger partial charge on any atom is 0.190 e. The molecule has 6 aromatic rings. The molecule has 1 heterocycles. The van der Waals surface area contributed by atoms with Gasteiger partial charge in [0.05, 0.1) is 24.7 Å². The van der Waals surface area contributed by atoms with E-state index in [0.717, 1.165) is 38.9 Å². The Bertz CT molecular complexity index is 1740. The molecule has 0 aliphatic carbocycles. The highest BCUT2D eigenvalue weighted by atomic mass is 16.5. The monoisotopic (exact) mass is 534 g/mol. The zero-order valence-electron chi connectivity index (χ0n) is 23.1. The smallest absolute Gasteiger partial charge is 0.190 e. The van der Waals surface area contributed by atoms with Crippen molar-refractivity contribution >= 4 is 22.6 Å². The highest BCUT2D eigenvalue weighted by Crippen LogP contribution is 2.42. The van der Waals surface area contributed by atoms with Gasteiger partial charge in [0.25, 0.3) is 0 Å². The largest absolute Gasteiger partial charge is 0.496 e. The fourth-order valence-electron chi connectivity index (χ4n) is 5.79. The van der Waals surface area contributed by atoms with E-state index in [1.807, 2.05) is 60.9 Å². The predicted molar refractivity (Wildman–Crippen MR) is 165 cm³/mol. The molecule has 0 amide bonds. The van der Waals surface area contributed by atoms with E-state index in [1.54, 1.807) is 19.3 Å². The van der Waals surface area contributed by atoms with E-state index in [1.165, 1.54) is 0 Å². The van der Waals surface area contributed by atoms with Crippen molar-refractivity contribution in [3.8, 4) is 5.75 Å². The Kier molecular flexibility index (Phi) is 7.05. The molecule has 0 spiro atoms. The minimum absolute atomic E-state index is 0.131. The first-order valence-corrected chi connectivity index (χ1v) is 13.6. The molecule has 200 valence electrons. The van der Waals surface area contributed by atoms with Gasteiger partial charge in [0.2, 0.25) is 0 Å². The van der Waals surface area contributed by atoms with Crippen LogP contribution in [0.15, 0.2) is 140 Å². The van der Waals surface area contributed by atoms with Gasteiger partial charge in [-0.15, -0.1) is 0 Å². The Hall–Kier alpha value is -5.22. The lowest BCUT2D eigenvalue weighted by atomic mass is 9.76. The zero-order chi connectivity index (χ0) is 28.2. The van der Waals surface area contributed by atoms with Crippen molar-refractivity contribution in [3.05, 3.63) is 173 Å². The van der Waals surface area contributed by atoms with E-state index < -0.39 is 5.54 Å². The highest BCUT2D eigenvalue weighted by molar-refractivity contribution is 6.16. The van der Waals surface area contributed by atoms with Crippen LogP contribution in [0.2, 0.25) is 0 Å². The summed E-state index contributed by atoms with van der Waals surface area (Å²) in [6, 6.07) is 43.1. The van der Waals surface area contributed by atoms with Gasteiger partial charge in [-0.3, -0.25) is 4.79 Å². The van der Waals surface area contributed by atoms with Gasteiger partial charge in [0.15, 0.2) is 5.78 Å². The lowest BCUT2D eigenvalue weighted by Crippen LogP contribution is -2.38. The van der Waals surface area contributed by atoms with E-state index in [-0.39, 0.29) is 5.78 Å². The van der Waals surface area contributed by atoms with Gasteiger partial charge in [-0.25, -0.2) is 4.98 Å². The quantitative estimate of drug-likeness (QED) is 0.113. The number of methoxy groups -OCH3 is 1. The number of allylic oxidation sites excluding steroid dienone is 1. The molecule has 0 unspecified atom stereocenters. The lowest BCUT2D eigenvalue weighted by molar-refractivity contribution is 0.104. The molecule has 0 fully saturated rings. The fourth-order valence-corrected chi connectivity index (χ4v) is 5.79. The summed E-state index contributed by atoms with van der Waals surface area (Å²) in [6.45, 7) is 2.05. The third-order valence-electron chi connectivity index (χ3n) is 7.73. The van der Waals surface area contributed by atoms with Gasteiger partial charge < -0.3 is 9.30 Å². The summed E-state index contributed by atoms with van der Waals surface area (Å²) < 4.78 is 7.79. The number of hydrogen-bond acceptors (Lipinski definition) is 3. The summed E-state index contributed by atoms with van der Waals surface area (Å²) in [5.74, 6) is 0.421. The summed E-state index contributed by atoms with van der Waals surface area (Å²) in [4.78, 5) is 18.4. The average molecular weight is 535 g/mol. The Labute approximate surface area is 240 Å². The fraction of sp³-hybridized carbons (Fsp3) is 0.0811. The van der Waals surface area contributed by atoms with Crippen LogP contribution in [-0.4, -0.2) is 22.4 Å². The molecule has 0 saturated heterocycles. The molecule has 4 nitrogen and oxygen atoms in total. The Balaban J connectivity index is 1.50. The van der Waals surface area contributed by atoms with E-state index >= 15 is 0 Å². The van der Waals surface area contributed by atoms with Crippen LogP contribution in [0.4, 0.5) is 0 Å². The van der Waals surface area contributed by atoms with Crippen molar-refractivity contribution in [2.24, 2.45) is 0 Å². The van der Waals surface area contributed by atoms with Gasteiger partial charge in [-0.1, -0.05) is 121 Å². The molecule has 0 saturated carbocycles. The molecular formula is C37H30N2O2. The van der Waals surface area contributed by atoms with Crippen molar-refractivity contribution in [2.45, 2.75) is 12.5 Å². The van der Waals surface area contributed by atoms with Crippen molar-refractivity contribution < 1.29 is 9.53 Å². The van der Waals surface area contributed by atoms with Crippen molar-refractivity contribution in [2.75, 3.05) is 7.11 Å². The molecule has 0 aliphatic rings. The van der Waals surface area contributed by atoms with Crippen LogP contribution < -0.4 is 4.74 Å². The molecule has 0 N–H and O–H groups in total. The van der Waals surface area contributed by atoms with Crippen molar-refractivity contribution in [3.63, 3.8) is 0 Å². The van der Waals surface area contributed by atoms with Crippen LogP contribution in [0.5, 0.6) is 5.75 Å². The first kappa shape index (κ1) is 26.0. The molecule has 1 aromatic heterocycles. The molecule has 0 bridgehead atoms. The van der Waals surface area contributed by atoms with E-state index in [2.05, 4.69) is 84.3 Å². The number of fused-ring (bicyclic) bond motifs is 1. The summed E-state index contributed by atoms with van der Waals surface area (Å²) in [7, 11) is 1.59.